The van der Waals surface area contributed by atoms with Gasteiger partial charge in [0, 0.05) is 12.0 Å². The van der Waals surface area contributed by atoms with Gasteiger partial charge in [-0.3, -0.25) is 0 Å². The largest absolute Gasteiger partial charge is 0.384 e. The van der Waals surface area contributed by atoms with Crippen LogP contribution in [0.2, 0.25) is 0 Å². The maximum atomic E-state index is 12.1. The number of aliphatic hydroxyl groups is 1. The van der Waals surface area contributed by atoms with Crippen LogP contribution < -0.4 is 10.6 Å². The maximum Gasteiger partial charge on any atom is 0.314 e. The van der Waals surface area contributed by atoms with E-state index in [1.54, 1.807) is 6.92 Å². The highest BCUT2D eigenvalue weighted by molar-refractivity contribution is 5.74. The second kappa shape index (κ2) is 6.65. The van der Waals surface area contributed by atoms with Crippen molar-refractivity contribution in [2.75, 3.05) is 13.1 Å². The number of benzene rings is 2. The first-order chi connectivity index (χ1) is 11.5. The van der Waals surface area contributed by atoms with Crippen LogP contribution in [0.25, 0.3) is 0 Å². The fourth-order valence-corrected chi connectivity index (χ4v) is 2.97. The molecule has 0 spiro atoms. The van der Waals surface area contributed by atoms with Gasteiger partial charge in [0.2, 0.25) is 0 Å². The molecule has 1 unspecified atom stereocenters. The number of rotatable bonds is 6. The van der Waals surface area contributed by atoms with Crippen molar-refractivity contribution in [3.8, 4) is 0 Å². The Morgan fingerprint density at radius 3 is 2.21 bits per heavy atom. The standard InChI is InChI=1S/C20H24N2O2/c1-19(24,16-8-4-2-5-9-16)14-21-18(23)22-15-20(12-13-20)17-10-6-3-7-11-17/h2-11,24H,12-15H2,1H3,(H2,21,22,23). The number of carbonyl (C=O) groups is 1. The Balaban J connectivity index is 1.50. The summed E-state index contributed by atoms with van der Waals surface area (Å²) in [4.78, 5) is 12.1. The predicted molar refractivity (Wildman–Crippen MR) is 94.8 cm³/mol. The smallest absolute Gasteiger partial charge is 0.314 e. The summed E-state index contributed by atoms with van der Waals surface area (Å²) >= 11 is 0. The minimum Gasteiger partial charge on any atom is -0.384 e. The van der Waals surface area contributed by atoms with Crippen LogP contribution in [-0.4, -0.2) is 24.2 Å². The number of urea groups is 1. The lowest BCUT2D eigenvalue weighted by atomic mass is 9.96. The quantitative estimate of drug-likeness (QED) is 0.765. The summed E-state index contributed by atoms with van der Waals surface area (Å²) in [6.07, 6.45) is 2.19. The van der Waals surface area contributed by atoms with Gasteiger partial charge in [-0.15, -0.1) is 0 Å². The van der Waals surface area contributed by atoms with Gasteiger partial charge in [0.25, 0.3) is 0 Å². The Bertz CT molecular complexity index is 632. The molecular weight excluding hydrogens is 300 g/mol. The molecule has 4 nitrogen and oxygen atoms in total. The predicted octanol–water partition coefficient (Wildman–Crippen LogP) is 2.93. The van der Waals surface area contributed by atoms with Gasteiger partial charge in [-0.25, -0.2) is 4.79 Å². The van der Waals surface area contributed by atoms with Crippen LogP contribution in [-0.2, 0) is 11.0 Å². The van der Waals surface area contributed by atoms with Crippen molar-refractivity contribution < 1.29 is 9.90 Å². The molecule has 2 amide bonds. The topological polar surface area (TPSA) is 61.4 Å². The highest BCUT2D eigenvalue weighted by atomic mass is 16.3. The average Bonchev–Trinajstić information content (AvgIpc) is 3.41. The summed E-state index contributed by atoms with van der Waals surface area (Å²) in [6.45, 7) is 2.49. The molecule has 0 heterocycles. The van der Waals surface area contributed by atoms with E-state index in [9.17, 15) is 9.90 Å². The first-order valence-electron chi connectivity index (χ1n) is 8.37. The molecule has 3 rings (SSSR count). The maximum absolute atomic E-state index is 12.1. The fraction of sp³-hybridized carbons (Fsp3) is 0.350. The lowest BCUT2D eigenvalue weighted by Crippen LogP contribution is -2.45. The normalized spacial score (nSPS) is 17.6. The van der Waals surface area contributed by atoms with Crippen molar-refractivity contribution in [2.24, 2.45) is 0 Å². The average molecular weight is 324 g/mol. The second-order valence-corrected chi connectivity index (χ2v) is 6.82. The molecule has 0 aromatic heterocycles. The fourth-order valence-electron chi connectivity index (χ4n) is 2.97. The van der Waals surface area contributed by atoms with E-state index >= 15 is 0 Å². The van der Waals surface area contributed by atoms with Gasteiger partial charge >= 0.3 is 6.03 Å². The number of amides is 2. The van der Waals surface area contributed by atoms with Gasteiger partial charge in [0.1, 0.15) is 5.60 Å². The van der Waals surface area contributed by atoms with Crippen molar-refractivity contribution in [1.82, 2.24) is 10.6 Å². The van der Waals surface area contributed by atoms with E-state index in [4.69, 9.17) is 0 Å². The minimum atomic E-state index is -1.09. The second-order valence-electron chi connectivity index (χ2n) is 6.82. The summed E-state index contributed by atoms with van der Waals surface area (Å²) < 4.78 is 0. The third kappa shape index (κ3) is 3.77. The van der Waals surface area contributed by atoms with E-state index in [2.05, 4.69) is 22.8 Å². The van der Waals surface area contributed by atoms with Gasteiger partial charge < -0.3 is 15.7 Å². The lowest BCUT2D eigenvalue weighted by molar-refractivity contribution is 0.0594. The number of carbonyl (C=O) groups excluding carboxylic acids is 1. The van der Waals surface area contributed by atoms with Gasteiger partial charge in [0.15, 0.2) is 0 Å². The van der Waals surface area contributed by atoms with Gasteiger partial charge in [-0.1, -0.05) is 60.7 Å². The molecule has 0 aliphatic heterocycles. The summed E-state index contributed by atoms with van der Waals surface area (Å²) in [5, 5.41) is 16.2. The summed E-state index contributed by atoms with van der Waals surface area (Å²) in [5.74, 6) is 0. The molecule has 2 aromatic carbocycles. The van der Waals surface area contributed by atoms with Crippen LogP contribution in [0.3, 0.4) is 0 Å². The van der Waals surface area contributed by atoms with E-state index in [1.165, 1.54) is 5.56 Å². The lowest BCUT2D eigenvalue weighted by Gasteiger charge is -2.24. The third-order valence-corrected chi connectivity index (χ3v) is 4.82. The van der Waals surface area contributed by atoms with Crippen LogP contribution in [0.1, 0.15) is 30.9 Å². The number of hydrogen-bond donors (Lipinski definition) is 3. The van der Waals surface area contributed by atoms with Crippen LogP contribution >= 0.6 is 0 Å². The molecule has 1 fully saturated rings. The molecule has 2 aromatic rings. The molecule has 3 N–H and O–H groups in total. The Labute approximate surface area is 142 Å². The van der Waals surface area contributed by atoms with E-state index in [0.29, 0.717) is 6.54 Å². The van der Waals surface area contributed by atoms with Crippen molar-refractivity contribution in [3.05, 3.63) is 71.8 Å². The van der Waals surface area contributed by atoms with Crippen molar-refractivity contribution >= 4 is 6.03 Å². The molecule has 1 aliphatic rings. The minimum absolute atomic E-state index is 0.0839. The van der Waals surface area contributed by atoms with Gasteiger partial charge in [-0.2, -0.15) is 0 Å². The van der Waals surface area contributed by atoms with Crippen LogP contribution in [0.5, 0.6) is 0 Å². The molecular formula is C20H24N2O2. The molecule has 126 valence electrons. The first-order valence-corrected chi connectivity index (χ1v) is 8.37. The van der Waals surface area contributed by atoms with E-state index < -0.39 is 5.60 Å². The summed E-state index contributed by atoms with van der Waals surface area (Å²) in [6, 6.07) is 19.4. The zero-order chi connectivity index (χ0) is 17.0. The van der Waals surface area contributed by atoms with Gasteiger partial charge in [-0.05, 0) is 30.9 Å². The van der Waals surface area contributed by atoms with Crippen molar-refractivity contribution in [1.29, 1.82) is 0 Å². The zero-order valence-electron chi connectivity index (χ0n) is 14.0. The Hall–Kier alpha value is -2.33. The van der Waals surface area contributed by atoms with Crippen molar-refractivity contribution in [2.45, 2.75) is 30.8 Å². The molecule has 0 saturated heterocycles. The monoisotopic (exact) mass is 324 g/mol. The summed E-state index contributed by atoms with van der Waals surface area (Å²) in [5.41, 5.74) is 1.06. The molecule has 4 heteroatoms. The third-order valence-electron chi connectivity index (χ3n) is 4.82. The molecule has 0 bridgehead atoms. The van der Waals surface area contributed by atoms with E-state index in [0.717, 1.165) is 18.4 Å². The van der Waals surface area contributed by atoms with Crippen LogP contribution in [0.4, 0.5) is 4.79 Å². The molecule has 24 heavy (non-hydrogen) atoms. The van der Waals surface area contributed by atoms with E-state index in [1.807, 2.05) is 48.5 Å². The SMILES string of the molecule is CC(O)(CNC(=O)NCC1(c2ccccc2)CC1)c1ccccc1. The molecule has 0 radical (unpaired) electrons. The highest BCUT2D eigenvalue weighted by Gasteiger charge is 2.44. The molecule has 1 atom stereocenters. The number of hydrogen-bond acceptors (Lipinski definition) is 2. The van der Waals surface area contributed by atoms with Crippen LogP contribution in [0, 0.1) is 0 Å². The highest BCUT2D eigenvalue weighted by Crippen LogP contribution is 2.47. The molecule has 1 aliphatic carbocycles. The Morgan fingerprint density at radius 2 is 1.62 bits per heavy atom. The van der Waals surface area contributed by atoms with Crippen LogP contribution in [0.15, 0.2) is 60.7 Å². The summed E-state index contributed by atoms with van der Waals surface area (Å²) in [7, 11) is 0. The number of nitrogens with one attached hydrogen (secondary N) is 2. The van der Waals surface area contributed by atoms with Gasteiger partial charge in [0.05, 0.1) is 6.54 Å². The Kier molecular flexibility index (Phi) is 4.58. The van der Waals surface area contributed by atoms with Crippen molar-refractivity contribution in [3.63, 3.8) is 0 Å². The van der Waals surface area contributed by atoms with E-state index in [-0.39, 0.29) is 18.0 Å². The Morgan fingerprint density at radius 1 is 1.04 bits per heavy atom. The molecule has 1 saturated carbocycles. The zero-order valence-corrected chi connectivity index (χ0v) is 14.0. The first kappa shape index (κ1) is 16.5.